The molecule has 1 fully saturated rings. The summed E-state index contributed by atoms with van der Waals surface area (Å²) in [5.74, 6) is 0.398. The van der Waals surface area contributed by atoms with E-state index in [1.54, 1.807) is 0 Å². The number of Topliss-reactive ketones (excluding diaryl/α,β-unsaturated/α-hetero) is 1. The highest BCUT2D eigenvalue weighted by atomic mass is 28.4. The molecule has 16 heavy (non-hydrogen) atoms. The SMILES string of the molecule is C[C@]12CCC=C[C@@]1(O[Si](C)(C)C)CCC2=O. The van der Waals surface area contributed by atoms with Gasteiger partial charge in [-0.25, -0.2) is 0 Å². The lowest BCUT2D eigenvalue weighted by Crippen LogP contribution is -2.52. The number of hydrogen-bond donors (Lipinski definition) is 0. The van der Waals surface area contributed by atoms with Crippen molar-refractivity contribution in [2.24, 2.45) is 5.41 Å². The maximum Gasteiger partial charge on any atom is 0.184 e. The van der Waals surface area contributed by atoms with E-state index in [2.05, 4.69) is 38.7 Å². The lowest BCUT2D eigenvalue weighted by atomic mass is 9.69. The van der Waals surface area contributed by atoms with E-state index in [1.165, 1.54) is 0 Å². The molecule has 1 saturated carbocycles. The number of allylic oxidation sites excluding steroid dienone is 1. The molecule has 0 saturated heterocycles. The summed E-state index contributed by atoms with van der Waals surface area (Å²) < 4.78 is 6.39. The van der Waals surface area contributed by atoms with E-state index in [9.17, 15) is 4.79 Å². The van der Waals surface area contributed by atoms with Crippen molar-refractivity contribution in [3.8, 4) is 0 Å². The highest BCUT2D eigenvalue weighted by Crippen LogP contribution is 2.53. The van der Waals surface area contributed by atoms with Crippen LogP contribution in [-0.2, 0) is 9.22 Å². The van der Waals surface area contributed by atoms with Gasteiger partial charge >= 0.3 is 0 Å². The second-order valence-electron chi connectivity index (χ2n) is 6.30. The monoisotopic (exact) mass is 238 g/mol. The zero-order chi connectivity index (χ0) is 12.0. The summed E-state index contributed by atoms with van der Waals surface area (Å²) in [4.78, 5) is 12.1. The third kappa shape index (κ3) is 1.70. The molecule has 2 atom stereocenters. The average Bonchev–Trinajstić information content (AvgIpc) is 2.39. The summed E-state index contributed by atoms with van der Waals surface area (Å²) in [5.41, 5.74) is -0.547. The highest BCUT2D eigenvalue weighted by Gasteiger charge is 2.58. The van der Waals surface area contributed by atoms with Gasteiger partial charge in [0.05, 0.1) is 11.0 Å². The van der Waals surface area contributed by atoms with Gasteiger partial charge in [0, 0.05) is 6.42 Å². The number of rotatable bonds is 2. The largest absolute Gasteiger partial charge is 0.408 e. The number of carbonyl (C=O) groups excluding carboxylic acids is 1. The fourth-order valence-electron chi connectivity index (χ4n) is 3.10. The lowest BCUT2D eigenvalue weighted by Gasteiger charge is -2.46. The average molecular weight is 238 g/mol. The quantitative estimate of drug-likeness (QED) is 0.545. The Morgan fingerprint density at radius 1 is 1.31 bits per heavy atom. The topological polar surface area (TPSA) is 26.3 Å². The summed E-state index contributed by atoms with van der Waals surface area (Å²) >= 11 is 0. The van der Waals surface area contributed by atoms with Gasteiger partial charge in [0.1, 0.15) is 5.78 Å². The molecule has 2 nitrogen and oxygen atoms in total. The Hall–Kier alpha value is -0.413. The van der Waals surface area contributed by atoms with Crippen LogP contribution in [0.3, 0.4) is 0 Å². The van der Waals surface area contributed by atoms with Crippen LogP contribution in [0.5, 0.6) is 0 Å². The van der Waals surface area contributed by atoms with Crippen molar-refractivity contribution < 1.29 is 9.22 Å². The van der Waals surface area contributed by atoms with E-state index in [-0.39, 0.29) is 11.0 Å². The molecule has 0 amide bonds. The maximum atomic E-state index is 12.1. The summed E-state index contributed by atoms with van der Waals surface area (Å²) in [6, 6.07) is 0. The third-order valence-electron chi connectivity index (χ3n) is 3.96. The number of hydrogen-bond acceptors (Lipinski definition) is 2. The molecular formula is C13H22O2Si. The van der Waals surface area contributed by atoms with Gasteiger partial charge in [-0.3, -0.25) is 4.79 Å². The van der Waals surface area contributed by atoms with Gasteiger partial charge in [-0.05, 0) is 45.8 Å². The van der Waals surface area contributed by atoms with Crippen LogP contribution in [0.1, 0.15) is 32.6 Å². The predicted molar refractivity (Wildman–Crippen MR) is 67.9 cm³/mol. The first kappa shape index (κ1) is 12.1. The predicted octanol–water partition coefficient (Wildman–Crippen LogP) is 3.30. The van der Waals surface area contributed by atoms with Crippen molar-refractivity contribution in [2.75, 3.05) is 0 Å². The lowest BCUT2D eigenvalue weighted by molar-refractivity contribution is -0.131. The van der Waals surface area contributed by atoms with Crippen LogP contribution in [0.15, 0.2) is 12.2 Å². The molecule has 0 unspecified atom stereocenters. The first-order chi connectivity index (χ1) is 7.29. The smallest absolute Gasteiger partial charge is 0.184 e. The van der Waals surface area contributed by atoms with E-state index < -0.39 is 8.32 Å². The fraction of sp³-hybridized carbons (Fsp3) is 0.769. The number of fused-ring (bicyclic) bond motifs is 1. The van der Waals surface area contributed by atoms with Gasteiger partial charge in [0.2, 0.25) is 0 Å². The first-order valence-electron chi connectivity index (χ1n) is 6.20. The van der Waals surface area contributed by atoms with Gasteiger partial charge in [0.15, 0.2) is 8.32 Å². The summed E-state index contributed by atoms with van der Waals surface area (Å²) in [6.45, 7) is 8.71. The van der Waals surface area contributed by atoms with Gasteiger partial charge in [-0.15, -0.1) is 0 Å². The molecule has 0 N–H and O–H groups in total. The maximum absolute atomic E-state index is 12.1. The van der Waals surface area contributed by atoms with E-state index in [4.69, 9.17) is 4.43 Å². The Morgan fingerprint density at radius 3 is 2.62 bits per heavy atom. The zero-order valence-corrected chi connectivity index (χ0v) is 11.8. The van der Waals surface area contributed by atoms with Crippen LogP contribution in [0, 0.1) is 5.41 Å². The molecule has 0 spiro atoms. The molecular weight excluding hydrogens is 216 g/mol. The van der Waals surface area contributed by atoms with Crippen LogP contribution >= 0.6 is 0 Å². The number of ketones is 1. The van der Waals surface area contributed by atoms with Crippen LogP contribution < -0.4 is 0 Å². The van der Waals surface area contributed by atoms with Crippen LogP contribution in [0.2, 0.25) is 19.6 Å². The zero-order valence-electron chi connectivity index (χ0n) is 10.8. The minimum atomic E-state index is -1.62. The van der Waals surface area contributed by atoms with Crippen LogP contribution in [0.4, 0.5) is 0 Å². The Labute approximate surface area is 99.2 Å². The first-order valence-corrected chi connectivity index (χ1v) is 9.61. The van der Waals surface area contributed by atoms with Gasteiger partial charge < -0.3 is 4.43 Å². The molecule has 0 aromatic carbocycles. The Kier molecular flexibility index (Phi) is 2.67. The fourth-order valence-corrected chi connectivity index (χ4v) is 4.58. The second-order valence-corrected chi connectivity index (χ2v) is 10.7. The standard InChI is InChI=1S/C13H22O2Si/c1-12-8-5-6-9-13(12,10-7-11(12)14)15-16(2,3)4/h6,9H,5,7-8,10H2,1-4H3/t12-,13-/m1/s1. The molecule has 0 aliphatic heterocycles. The Balaban J connectivity index is 2.39. The molecule has 0 radical (unpaired) electrons. The molecule has 0 heterocycles. The Bertz CT molecular complexity index is 342. The molecule has 0 aromatic heterocycles. The third-order valence-corrected chi connectivity index (χ3v) is 4.94. The van der Waals surface area contributed by atoms with Crippen molar-refractivity contribution in [1.82, 2.24) is 0 Å². The molecule has 90 valence electrons. The van der Waals surface area contributed by atoms with Gasteiger partial charge in [0.25, 0.3) is 0 Å². The second kappa shape index (κ2) is 3.54. The van der Waals surface area contributed by atoms with Crippen LogP contribution in [0.25, 0.3) is 0 Å². The van der Waals surface area contributed by atoms with Crippen molar-refractivity contribution in [3.63, 3.8) is 0 Å². The minimum absolute atomic E-state index is 0.262. The van der Waals surface area contributed by atoms with Crippen molar-refractivity contribution in [3.05, 3.63) is 12.2 Å². The highest BCUT2D eigenvalue weighted by molar-refractivity contribution is 6.69. The van der Waals surface area contributed by atoms with Crippen molar-refractivity contribution >= 4 is 14.1 Å². The van der Waals surface area contributed by atoms with E-state index in [1.807, 2.05) is 0 Å². The van der Waals surface area contributed by atoms with Crippen molar-refractivity contribution in [2.45, 2.75) is 57.8 Å². The van der Waals surface area contributed by atoms with E-state index in [0.717, 1.165) is 19.3 Å². The van der Waals surface area contributed by atoms with E-state index in [0.29, 0.717) is 12.2 Å². The molecule has 2 aliphatic carbocycles. The normalized spacial score (nSPS) is 38.9. The number of carbonyl (C=O) groups is 1. The summed E-state index contributed by atoms with van der Waals surface area (Å²) in [5, 5.41) is 0. The molecule has 0 bridgehead atoms. The molecule has 3 heteroatoms. The van der Waals surface area contributed by atoms with Crippen molar-refractivity contribution in [1.29, 1.82) is 0 Å². The minimum Gasteiger partial charge on any atom is -0.408 e. The summed E-state index contributed by atoms with van der Waals surface area (Å²) in [7, 11) is -1.62. The van der Waals surface area contributed by atoms with Crippen LogP contribution in [-0.4, -0.2) is 19.7 Å². The van der Waals surface area contributed by atoms with Gasteiger partial charge in [-0.2, -0.15) is 0 Å². The molecule has 2 aliphatic rings. The Morgan fingerprint density at radius 2 is 2.00 bits per heavy atom. The summed E-state index contributed by atoms with van der Waals surface area (Å²) in [6.07, 6.45) is 7.90. The van der Waals surface area contributed by atoms with Gasteiger partial charge in [-0.1, -0.05) is 12.2 Å². The molecule has 0 aromatic rings. The van der Waals surface area contributed by atoms with E-state index >= 15 is 0 Å². The molecule has 2 rings (SSSR count).